The summed E-state index contributed by atoms with van der Waals surface area (Å²) in [4.78, 5) is 33.2. The number of hydrogen-bond donors (Lipinski definition) is 0. The third kappa shape index (κ3) is 4.00. The van der Waals surface area contributed by atoms with Gasteiger partial charge in [-0.2, -0.15) is 5.10 Å². The lowest BCUT2D eigenvalue weighted by atomic mass is 10.0. The third-order valence-electron chi connectivity index (χ3n) is 5.81. The maximum absolute atomic E-state index is 13.3. The first-order valence-electron chi connectivity index (χ1n) is 10.7. The molecule has 0 aliphatic carbocycles. The standard InChI is InChI=1S/C24H26FN5O2/c1-5-22(31)29-11-10-28(13-16(29)4)24(32)21-14-30-23(26-21)19(15(2)3)12-20(27-30)17-6-8-18(25)9-7-17/h5-9,12,14-16H,1,10-11,13H2,2-4H3. The van der Waals surface area contributed by atoms with Gasteiger partial charge in [0.2, 0.25) is 5.91 Å². The van der Waals surface area contributed by atoms with Crippen LogP contribution in [0, 0.1) is 5.82 Å². The van der Waals surface area contributed by atoms with Crippen LogP contribution >= 0.6 is 0 Å². The number of carbonyl (C=O) groups is 2. The fourth-order valence-corrected chi connectivity index (χ4v) is 4.04. The highest BCUT2D eigenvalue weighted by molar-refractivity contribution is 5.93. The van der Waals surface area contributed by atoms with E-state index in [0.717, 1.165) is 11.1 Å². The Morgan fingerprint density at radius 1 is 1.22 bits per heavy atom. The van der Waals surface area contributed by atoms with Crippen molar-refractivity contribution in [3.63, 3.8) is 0 Å². The molecule has 1 fully saturated rings. The normalized spacial score (nSPS) is 16.6. The van der Waals surface area contributed by atoms with Crippen molar-refractivity contribution >= 4 is 17.5 Å². The molecule has 2 amide bonds. The lowest BCUT2D eigenvalue weighted by Gasteiger charge is -2.39. The van der Waals surface area contributed by atoms with Gasteiger partial charge in [0.05, 0.1) is 11.9 Å². The third-order valence-corrected chi connectivity index (χ3v) is 5.81. The minimum Gasteiger partial charge on any atom is -0.333 e. The fraction of sp³-hybridized carbons (Fsp3) is 0.333. The van der Waals surface area contributed by atoms with Gasteiger partial charge in [-0.1, -0.05) is 20.4 Å². The van der Waals surface area contributed by atoms with Gasteiger partial charge in [-0.25, -0.2) is 13.9 Å². The Labute approximate surface area is 186 Å². The van der Waals surface area contributed by atoms with E-state index in [4.69, 9.17) is 0 Å². The largest absolute Gasteiger partial charge is 0.333 e. The Bertz CT molecular complexity index is 1190. The molecule has 0 radical (unpaired) electrons. The number of amides is 2. The van der Waals surface area contributed by atoms with Crippen LogP contribution in [0.1, 0.15) is 42.7 Å². The number of imidazole rings is 1. The molecule has 4 rings (SSSR count). The fourth-order valence-electron chi connectivity index (χ4n) is 4.04. The van der Waals surface area contributed by atoms with Gasteiger partial charge in [-0.15, -0.1) is 0 Å². The van der Waals surface area contributed by atoms with Crippen molar-refractivity contribution in [2.75, 3.05) is 19.6 Å². The summed E-state index contributed by atoms with van der Waals surface area (Å²) in [6, 6.07) is 8.00. The topological polar surface area (TPSA) is 70.8 Å². The zero-order valence-electron chi connectivity index (χ0n) is 18.5. The summed E-state index contributed by atoms with van der Waals surface area (Å²) in [5.74, 6) is -0.473. The van der Waals surface area contributed by atoms with Crippen molar-refractivity contribution in [2.45, 2.75) is 32.7 Å². The second-order valence-corrected chi connectivity index (χ2v) is 8.38. The van der Waals surface area contributed by atoms with Crippen molar-refractivity contribution in [1.82, 2.24) is 24.4 Å². The number of piperazine rings is 1. The van der Waals surface area contributed by atoms with Crippen molar-refractivity contribution in [2.24, 2.45) is 0 Å². The lowest BCUT2D eigenvalue weighted by molar-refractivity contribution is -0.129. The van der Waals surface area contributed by atoms with Crippen LogP contribution in [-0.4, -0.2) is 61.9 Å². The van der Waals surface area contributed by atoms with Gasteiger partial charge < -0.3 is 9.80 Å². The SMILES string of the molecule is C=CC(=O)N1CCN(C(=O)c2cn3nc(-c4ccc(F)cc4)cc(C(C)C)c3n2)CC1C. The molecule has 1 unspecified atom stereocenters. The van der Waals surface area contributed by atoms with E-state index in [0.29, 0.717) is 36.7 Å². The Hall–Kier alpha value is -3.55. The molecule has 7 nitrogen and oxygen atoms in total. The number of nitrogens with zero attached hydrogens (tertiary/aromatic N) is 5. The van der Waals surface area contributed by atoms with Crippen LogP contribution in [0.2, 0.25) is 0 Å². The Balaban J connectivity index is 1.66. The molecule has 166 valence electrons. The summed E-state index contributed by atoms with van der Waals surface area (Å²) < 4.78 is 15.0. The average molecular weight is 436 g/mol. The lowest BCUT2D eigenvalue weighted by Crippen LogP contribution is -2.55. The highest BCUT2D eigenvalue weighted by Crippen LogP contribution is 2.26. The molecule has 0 spiro atoms. The van der Waals surface area contributed by atoms with Gasteiger partial charge in [0, 0.05) is 36.8 Å². The molecule has 1 aliphatic heterocycles. The van der Waals surface area contributed by atoms with Gasteiger partial charge in [-0.3, -0.25) is 9.59 Å². The molecular formula is C24H26FN5O2. The van der Waals surface area contributed by atoms with E-state index in [1.54, 1.807) is 32.6 Å². The van der Waals surface area contributed by atoms with E-state index < -0.39 is 0 Å². The zero-order chi connectivity index (χ0) is 23.0. The molecule has 3 heterocycles. The number of fused-ring (bicyclic) bond motifs is 1. The van der Waals surface area contributed by atoms with E-state index in [9.17, 15) is 14.0 Å². The smallest absolute Gasteiger partial charge is 0.274 e. The van der Waals surface area contributed by atoms with Crippen molar-refractivity contribution in [3.8, 4) is 11.3 Å². The van der Waals surface area contributed by atoms with Gasteiger partial charge >= 0.3 is 0 Å². The van der Waals surface area contributed by atoms with Crippen LogP contribution in [0.3, 0.4) is 0 Å². The molecule has 1 atom stereocenters. The number of halogens is 1. The van der Waals surface area contributed by atoms with Crippen LogP contribution in [0.5, 0.6) is 0 Å². The maximum Gasteiger partial charge on any atom is 0.274 e. The highest BCUT2D eigenvalue weighted by atomic mass is 19.1. The van der Waals surface area contributed by atoms with Crippen molar-refractivity contribution < 1.29 is 14.0 Å². The van der Waals surface area contributed by atoms with E-state index in [1.165, 1.54) is 18.2 Å². The van der Waals surface area contributed by atoms with Crippen LogP contribution in [0.4, 0.5) is 4.39 Å². The molecule has 0 saturated carbocycles. The molecule has 1 aromatic carbocycles. The Morgan fingerprint density at radius 2 is 1.94 bits per heavy atom. The summed E-state index contributed by atoms with van der Waals surface area (Å²) in [6.45, 7) is 10.9. The van der Waals surface area contributed by atoms with Crippen LogP contribution in [-0.2, 0) is 4.79 Å². The van der Waals surface area contributed by atoms with E-state index in [1.807, 2.05) is 13.0 Å². The van der Waals surface area contributed by atoms with Gasteiger partial charge in [0.15, 0.2) is 5.65 Å². The van der Waals surface area contributed by atoms with Gasteiger partial charge in [0.25, 0.3) is 5.91 Å². The molecule has 2 aromatic heterocycles. The molecule has 1 saturated heterocycles. The highest BCUT2D eigenvalue weighted by Gasteiger charge is 2.30. The summed E-state index contributed by atoms with van der Waals surface area (Å²) >= 11 is 0. The summed E-state index contributed by atoms with van der Waals surface area (Å²) in [6.07, 6.45) is 2.94. The molecule has 3 aromatic rings. The van der Waals surface area contributed by atoms with Crippen molar-refractivity contribution in [3.05, 3.63) is 66.3 Å². The number of rotatable bonds is 4. The first kappa shape index (κ1) is 21.7. The van der Waals surface area contributed by atoms with E-state index in [-0.39, 0.29) is 29.6 Å². The summed E-state index contributed by atoms with van der Waals surface area (Å²) in [5.41, 5.74) is 3.36. The first-order valence-corrected chi connectivity index (χ1v) is 10.7. The molecule has 8 heteroatoms. The van der Waals surface area contributed by atoms with Crippen molar-refractivity contribution in [1.29, 1.82) is 0 Å². The molecule has 0 N–H and O–H groups in total. The maximum atomic E-state index is 13.3. The van der Waals surface area contributed by atoms with E-state index in [2.05, 4.69) is 30.5 Å². The molecule has 1 aliphatic rings. The first-order chi connectivity index (χ1) is 15.3. The van der Waals surface area contributed by atoms with Crippen LogP contribution < -0.4 is 0 Å². The number of benzene rings is 1. The van der Waals surface area contributed by atoms with Gasteiger partial charge in [0.1, 0.15) is 11.5 Å². The van der Waals surface area contributed by atoms with Crippen LogP contribution in [0.25, 0.3) is 16.9 Å². The molecule has 32 heavy (non-hydrogen) atoms. The number of hydrogen-bond acceptors (Lipinski definition) is 4. The minimum absolute atomic E-state index is 0.107. The van der Waals surface area contributed by atoms with Gasteiger partial charge in [-0.05, 0) is 49.2 Å². The Kier molecular flexibility index (Phi) is 5.78. The Morgan fingerprint density at radius 3 is 2.56 bits per heavy atom. The van der Waals surface area contributed by atoms with Crippen LogP contribution in [0.15, 0.2) is 49.2 Å². The zero-order valence-corrected chi connectivity index (χ0v) is 18.5. The summed E-state index contributed by atoms with van der Waals surface area (Å²) in [5, 5.41) is 4.62. The van der Waals surface area contributed by atoms with E-state index >= 15 is 0 Å². The predicted molar refractivity (Wildman–Crippen MR) is 120 cm³/mol. The second kappa shape index (κ2) is 8.53. The average Bonchev–Trinajstić information content (AvgIpc) is 3.21. The number of carbonyl (C=O) groups excluding carboxylic acids is 2. The quantitative estimate of drug-likeness (QED) is 0.588. The second-order valence-electron chi connectivity index (χ2n) is 8.38. The monoisotopic (exact) mass is 435 g/mol. The number of aromatic nitrogens is 3. The minimum atomic E-state index is -0.307. The predicted octanol–water partition coefficient (Wildman–Crippen LogP) is 3.52. The summed E-state index contributed by atoms with van der Waals surface area (Å²) in [7, 11) is 0. The molecular weight excluding hydrogens is 409 g/mol. The molecule has 0 bridgehead atoms.